The molecule has 0 amide bonds. The minimum atomic E-state index is -4.90. The largest absolute Gasteiger partial charge is 0.418 e. The molecule has 0 atom stereocenters. The van der Waals surface area contributed by atoms with Crippen LogP contribution in [0.15, 0.2) is 65.5 Å². The Morgan fingerprint density at radius 1 is 1.35 bits per heavy atom. The van der Waals surface area contributed by atoms with Gasteiger partial charge in [0.25, 0.3) is 5.69 Å². The number of anilines is 2. The summed E-state index contributed by atoms with van der Waals surface area (Å²) in [4.78, 5) is 14.3. The van der Waals surface area contributed by atoms with Crippen molar-refractivity contribution < 1.29 is 18.1 Å². The van der Waals surface area contributed by atoms with Gasteiger partial charge in [0.05, 0.1) is 21.7 Å². The SMILES string of the molecule is C=C/C=C\C(=C)Nc1nc(NCC)c(N=Nc2ccc([N+](=O)[O-])cc2C(F)(F)F)c(C)c1C#N. The van der Waals surface area contributed by atoms with Gasteiger partial charge in [0, 0.05) is 29.9 Å². The Labute approximate surface area is 193 Å². The van der Waals surface area contributed by atoms with Crippen LogP contribution < -0.4 is 10.6 Å². The Bertz CT molecular complexity index is 1230. The Kier molecular flexibility index (Phi) is 8.22. The van der Waals surface area contributed by atoms with Gasteiger partial charge in [0.15, 0.2) is 11.6 Å². The van der Waals surface area contributed by atoms with Gasteiger partial charge in [-0.1, -0.05) is 25.3 Å². The average Bonchev–Trinajstić information content (AvgIpc) is 2.77. The van der Waals surface area contributed by atoms with E-state index in [1.165, 1.54) is 6.08 Å². The number of nitrogens with zero attached hydrogens (tertiary/aromatic N) is 5. The van der Waals surface area contributed by atoms with Gasteiger partial charge in [-0.3, -0.25) is 10.1 Å². The summed E-state index contributed by atoms with van der Waals surface area (Å²) in [6.45, 7) is 11.1. The molecule has 2 N–H and O–H groups in total. The maximum Gasteiger partial charge on any atom is 0.418 e. The number of aromatic nitrogens is 1. The number of non-ortho nitro benzene ring substituents is 1. The molecule has 0 saturated carbocycles. The minimum absolute atomic E-state index is 0.0441. The van der Waals surface area contributed by atoms with Gasteiger partial charge in [-0.25, -0.2) is 4.98 Å². The molecule has 0 aliphatic carbocycles. The van der Waals surface area contributed by atoms with Crippen LogP contribution in [0.3, 0.4) is 0 Å². The highest BCUT2D eigenvalue weighted by Crippen LogP contribution is 2.40. The number of nitro benzene ring substituents is 1. The summed E-state index contributed by atoms with van der Waals surface area (Å²) in [6, 6.07) is 4.14. The predicted molar refractivity (Wildman–Crippen MR) is 122 cm³/mol. The first kappa shape index (κ1) is 25.7. The van der Waals surface area contributed by atoms with E-state index in [1.807, 2.05) is 6.07 Å². The minimum Gasteiger partial charge on any atom is -0.368 e. The van der Waals surface area contributed by atoms with Crippen molar-refractivity contribution in [2.45, 2.75) is 20.0 Å². The van der Waals surface area contributed by atoms with Crippen LogP contribution in [0.25, 0.3) is 0 Å². The topological polar surface area (TPSA) is 129 Å². The monoisotopic (exact) mass is 471 g/mol. The van der Waals surface area contributed by atoms with E-state index < -0.39 is 28.0 Å². The fourth-order valence-corrected chi connectivity index (χ4v) is 2.77. The van der Waals surface area contributed by atoms with Gasteiger partial charge in [-0.15, -0.1) is 10.2 Å². The Hall–Kier alpha value is -4.53. The number of rotatable bonds is 9. The molecular weight excluding hydrogens is 451 g/mol. The molecule has 0 fully saturated rings. The summed E-state index contributed by atoms with van der Waals surface area (Å²) in [5, 5.41) is 34.0. The smallest absolute Gasteiger partial charge is 0.368 e. The van der Waals surface area contributed by atoms with E-state index >= 15 is 0 Å². The number of nitriles is 1. The first-order valence-electron chi connectivity index (χ1n) is 9.74. The van der Waals surface area contributed by atoms with Gasteiger partial charge in [-0.2, -0.15) is 18.4 Å². The van der Waals surface area contributed by atoms with E-state index in [-0.39, 0.29) is 22.9 Å². The van der Waals surface area contributed by atoms with Crippen LogP contribution in [-0.4, -0.2) is 16.5 Å². The number of halogens is 3. The second kappa shape index (κ2) is 10.9. The van der Waals surface area contributed by atoms with Crippen molar-refractivity contribution in [3.05, 3.63) is 82.1 Å². The molecule has 34 heavy (non-hydrogen) atoms. The Balaban J connectivity index is 2.63. The molecule has 2 rings (SSSR count). The number of azo groups is 1. The molecule has 1 aromatic heterocycles. The zero-order chi connectivity index (χ0) is 25.5. The molecule has 2 aromatic rings. The number of hydrogen-bond acceptors (Lipinski definition) is 8. The van der Waals surface area contributed by atoms with Crippen LogP contribution in [0.2, 0.25) is 0 Å². The first-order chi connectivity index (χ1) is 16.0. The lowest BCUT2D eigenvalue weighted by Crippen LogP contribution is -2.08. The number of nitrogens with one attached hydrogen (secondary N) is 2. The van der Waals surface area contributed by atoms with Crippen molar-refractivity contribution >= 4 is 28.7 Å². The fourth-order valence-electron chi connectivity index (χ4n) is 2.77. The van der Waals surface area contributed by atoms with Crippen molar-refractivity contribution in [3.63, 3.8) is 0 Å². The molecule has 1 heterocycles. The average molecular weight is 471 g/mol. The molecule has 0 saturated heterocycles. The molecule has 0 spiro atoms. The van der Waals surface area contributed by atoms with Gasteiger partial charge in [0.1, 0.15) is 11.8 Å². The highest BCUT2D eigenvalue weighted by atomic mass is 19.4. The molecule has 0 unspecified atom stereocenters. The van der Waals surface area contributed by atoms with Gasteiger partial charge in [0.2, 0.25) is 0 Å². The first-order valence-corrected chi connectivity index (χ1v) is 9.74. The fraction of sp³-hybridized carbons (Fsp3) is 0.182. The molecule has 0 aliphatic rings. The molecular formula is C22H20F3N7O2. The van der Waals surface area contributed by atoms with Crippen LogP contribution in [0.1, 0.15) is 23.6 Å². The summed E-state index contributed by atoms with van der Waals surface area (Å²) in [6.07, 6.45) is -0.121. The summed E-state index contributed by atoms with van der Waals surface area (Å²) < 4.78 is 40.4. The van der Waals surface area contributed by atoms with E-state index in [4.69, 9.17) is 0 Å². The highest BCUT2D eigenvalue weighted by molar-refractivity contribution is 5.75. The van der Waals surface area contributed by atoms with E-state index in [2.05, 4.69) is 39.0 Å². The Morgan fingerprint density at radius 2 is 2.06 bits per heavy atom. The quantitative estimate of drug-likeness (QED) is 0.181. The number of benzene rings is 1. The molecule has 12 heteroatoms. The molecule has 1 aromatic carbocycles. The number of pyridine rings is 1. The summed E-state index contributed by atoms with van der Waals surface area (Å²) in [5.74, 6) is 0.334. The zero-order valence-corrected chi connectivity index (χ0v) is 18.3. The number of nitro groups is 1. The van der Waals surface area contributed by atoms with Crippen LogP contribution in [0.5, 0.6) is 0 Å². The lowest BCUT2D eigenvalue weighted by atomic mass is 10.1. The second-order valence-electron chi connectivity index (χ2n) is 6.70. The lowest BCUT2D eigenvalue weighted by Gasteiger charge is -2.15. The molecule has 0 aliphatic heterocycles. The number of hydrogen-bond donors (Lipinski definition) is 2. The van der Waals surface area contributed by atoms with Crippen LogP contribution in [0, 0.1) is 28.4 Å². The van der Waals surface area contributed by atoms with Gasteiger partial charge < -0.3 is 10.6 Å². The van der Waals surface area contributed by atoms with Crippen molar-refractivity contribution in [3.8, 4) is 6.07 Å². The van der Waals surface area contributed by atoms with E-state index in [0.29, 0.717) is 23.9 Å². The van der Waals surface area contributed by atoms with Crippen LogP contribution in [0.4, 0.5) is 41.9 Å². The molecule has 176 valence electrons. The Morgan fingerprint density at radius 3 is 2.62 bits per heavy atom. The molecule has 0 bridgehead atoms. The maximum atomic E-state index is 13.5. The summed E-state index contributed by atoms with van der Waals surface area (Å²) >= 11 is 0. The van der Waals surface area contributed by atoms with Crippen molar-refractivity contribution in [1.82, 2.24) is 4.98 Å². The summed E-state index contributed by atoms with van der Waals surface area (Å²) in [7, 11) is 0. The second-order valence-corrected chi connectivity index (χ2v) is 6.70. The van der Waals surface area contributed by atoms with Crippen molar-refractivity contribution in [1.29, 1.82) is 5.26 Å². The van der Waals surface area contributed by atoms with E-state index in [0.717, 1.165) is 12.1 Å². The van der Waals surface area contributed by atoms with Gasteiger partial charge >= 0.3 is 6.18 Å². The highest BCUT2D eigenvalue weighted by Gasteiger charge is 2.35. The van der Waals surface area contributed by atoms with E-state index in [9.17, 15) is 28.5 Å². The third-order valence-electron chi connectivity index (χ3n) is 4.34. The number of alkyl halides is 3. The molecule has 9 nitrogen and oxygen atoms in total. The maximum absolute atomic E-state index is 13.5. The van der Waals surface area contributed by atoms with Crippen LogP contribution in [-0.2, 0) is 6.18 Å². The lowest BCUT2D eigenvalue weighted by molar-refractivity contribution is -0.385. The summed E-state index contributed by atoms with van der Waals surface area (Å²) in [5.41, 5.74) is -1.82. The van der Waals surface area contributed by atoms with Crippen LogP contribution >= 0.6 is 0 Å². The predicted octanol–water partition coefficient (Wildman–Crippen LogP) is 6.70. The zero-order valence-electron chi connectivity index (χ0n) is 18.3. The standard InChI is InChI=1S/C22H20F3N7O2/c1-5-7-8-13(3)28-20-16(12-26)14(4)19(21(29-20)27-6-2)31-30-18-10-9-15(32(33)34)11-17(18)22(23,24)25/h5,7-11H,1,3,6H2,2,4H3,(H2,27,28,29)/b8-7-,31-30?. The molecule has 0 radical (unpaired) electrons. The third-order valence-corrected chi connectivity index (χ3v) is 4.34. The van der Waals surface area contributed by atoms with Crippen molar-refractivity contribution in [2.75, 3.05) is 17.2 Å². The number of allylic oxidation sites excluding steroid dienone is 3. The normalized spacial score (nSPS) is 11.4. The van der Waals surface area contributed by atoms with Gasteiger partial charge in [-0.05, 0) is 26.0 Å². The van der Waals surface area contributed by atoms with Crippen molar-refractivity contribution in [2.24, 2.45) is 10.2 Å². The third kappa shape index (κ3) is 6.04. The van der Waals surface area contributed by atoms with E-state index in [1.54, 1.807) is 26.0 Å².